The molecule has 110 valence electrons. The van der Waals surface area contributed by atoms with E-state index in [1.165, 1.54) is 0 Å². The third-order valence-corrected chi connectivity index (χ3v) is 3.30. The second-order valence-electron chi connectivity index (χ2n) is 4.57. The fraction of sp³-hybridized carbons (Fsp3) is 0.188. The molecule has 0 amide bonds. The molecule has 0 aliphatic heterocycles. The molecule has 21 heavy (non-hydrogen) atoms. The maximum absolute atomic E-state index is 13.8. The van der Waals surface area contributed by atoms with Crippen LogP contribution in [0, 0.1) is 12.7 Å². The number of methoxy groups -OCH3 is 1. The highest BCUT2D eigenvalue weighted by Crippen LogP contribution is 2.23. The Labute approximate surface area is 128 Å². The number of rotatable bonds is 5. The molecule has 2 aromatic carbocycles. The molecule has 0 radical (unpaired) electrons. The van der Waals surface area contributed by atoms with E-state index >= 15 is 0 Å². The van der Waals surface area contributed by atoms with Crippen LogP contribution in [0.4, 0.5) is 4.39 Å². The molecule has 0 spiro atoms. The zero-order valence-electron chi connectivity index (χ0n) is 11.9. The summed E-state index contributed by atoms with van der Waals surface area (Å²) in [4.78, 5) is 0.268. The van der Waals surface area contributed by atoms with Gasteiger partial charge in [-0.15, -0.1) is 0 Å². The Morgan fingerprint density at radius 2 is 2.00 bits per heavy atom. The van der Waals surface area contributed by atoms with E-state index in [-0.39, 0.29) is 23.2 Å². The van der Waals surface area contributed by atoms with E-state index in [1.54, 1.807) is 44.4 Å². The van der Waals surface area contributed by atoms with Crippen LogP contribution < -0.4 is 15.2 Å². The number of hydrogen-bond acceptors (Lipinski definition) is 3. The molecular weight excluding hydrogens is 289 g/mol. The Hall–Kier alpha value is -2.14. The lowest BCUT2D eigenvalue weighted by molar-refractivity contribution is 0.289. The molecule has 0 atom stereocenters. The van der Waals surface area contributed by atoms with Gasteiger partial charge in [-0.3, -0.25) is 0 Å². The van der Waals surface area contributed by atoms with Gasteiger partial charge < -0.3 is 15.2 Å². The standard InChI is InChI=1S/C16H16FNO2S/c1-10-4-3-5-13(15(10)17)20-9-11-6-7-12(16(18)21)14(8-11)19-2/h3-8H,9H2,1-2H3,(H2,18,21). The molecule has 0 aliphatic carbocycles. The lowest BCUT2D eigenvalue weighted by atomic mass is 10.1. The van der Waals surface area contributed by atoms with E-state index in [1.807, 2.05) is 6.07 Å². The Balaban J connectivity index is 2.17. The molecule has 0 fully saturated rings. The smallest absolute Gasteiger partial charge is 0.167 e. The molecule has 3 nitrogen and oxygen atoms in total. The third-order valence-electron chi connectivity index (χ3n) is 3.08. The zero-order valence-corrected chi connectivity index (χ0v) is 12.7. The van der Waals surface area contributed by atoms with Crippen molar-refractivity contribution in [1.82, 2.24) is 0 Å². The van der Waals surface area contributed by atoms with Gasteiger partial charge in [0, 0.05) is 0 Å². The zero-order chi connectivity index (χ0) is 15.4. The van der Waals surface area contributed by atoms with Gasteiger partial charge in [-0.25, -0.2) is 4.39 Å². The summed E-state index contributed by atoms with van der Waals surface area (Å²) in [5.74, 6) is 0.463. The van der Waals surface area contributed by atoms with Gasteiger partial charge >= 0.3 is 0 Å². The Bertz CT molecular complexity index is 673. The van der Waals surface area contributed by atoms with E-state index in [0.29, 0.717) is 16.9 Å². The first kappa shape index (κ1) is 15.3. The van der Waals surface area contributed by atoms with Crippen molar-refractivity contribution in [3.63, 3.8) is 0 Å². The molecule has 0 aliphatic rings. The summed E-state index contributed by atoms with van der Waals surface area (Å²) >= 11 is 4.95. The molecule has 2 rings (SSSR count). The molecular formula is C16H16FNO2S. The minimum Gasteiger partial charge on any atom is -0.496 e. The summed E-state index contributed by atoms with van der Waals surface area (Å²) in [5.41, 5.74) is 7.67. The minimum atomic E-state index is -0.343. The Morgan fingerprint density at radius 3 is 2.67 bits per heavy atom. The quantitative estimate of drug-likeness (QED) is 0.860. The minimum absolute atomic E-state index is 0.229. The molecule has 5 heteroatoms. The van der Waals surface area contributed by atoms with E-state index in [0.717, 1.165) is 5.56 Å². The van der Waals surface area contributed by atoms with Crippen molar-refractivity contribution in [1.29, 1.82) is 0 Å². The number of thiocarbonyl (C=S) groups is 1. The predicted molar refractivity (Wildman–Crippen MR) is 84.4 cm³/mol. The lowest BCUT2D eigenvalue weighted by Gasteiger charge is -2.11. The van der Waals surface area contributed by atoms with E-state index in [4.69, 9.17) is 27.4 Å². The normalized spacial score (nSPS) is 10.2. The van der Waals surface area contributed by atoms with E-state index in [9.17, 15) is 4.39 Å². The van der Waals surface area contributed by atoms with Gasteiger partial charge in [0.1, 0.15) is 17.3 Å². The molecule has 0 heterocycles. The van der Waals surface area contributed by atoms with Crippen molar-refractivity contribution >= 4 is 17.2 Å². The number of halogens is 1. The largest absolute Gasteiger partial charge is 0.496 e. The first-order chi connectivity index (χ1) is 10.0. The van der Waals surface area contributed by atoms with Crippen molar-refractivity contribution < 1.29 is 13.9 Å². The van der Waals surface area contributed by atoms with Gasteiger partial charge in [0.15, 0.2) is 11.6 Å². The van der Waals surface area contributed by atoms with Crippen molar-refractivity contribution in [2.75, 3.05) is 7.11 Å². The predicted octanol–water partition coefficient (Wildman–Crippen LogP) is 3.36. The van der Waals surface area contributed by atoms with Crippen LogP contribution in [0.5, 0.6) is 11.5 Å². The average molecular weight is 305 g/mol. The Morgan fingerprint density at radius 1 is 1.24 bits per heavy atom. The number of aryl methyl sites for hydroxylation is 1. The van der Waals surface area contributed by atoms with Crippen molar-refractivity contribution in [2.24, 2.45) is 5.73 Å². The highest BCUT2D eigenvalue weighted by molar-refractivity contribution is 7.80. The van der Waals surface area contributed by atoms with Crippen LogP contribution in [0.3, 0.4) is 0 Å². The van der Waals surface area contributed by atoms with Gasteiger partial charge in [-0.1, -0.05) is 30.4 Å². The van der Waals surface area contributed by atoms with Gasteiger partial charge in [-0.05, 0) is 36.2 Å². The highest BCUT2D eigenvalue weighted by Gasteiger charge is 2.09. The molecule has 0 aromatic heterocycles. The van der Waals surface area contributed by atoms with E-state index in [2.05, 4.69) is 0 Å². The molecule has 2 N–H and O–H groups in total. The van der Waals surface area contributed by atoms with Gasteiger partial charge in [-0.2, -0.15) is 0 Å². The van der Waals surface area contributed by atoms with Crippen LogP contribution in [0.25, 0.3) is 0 Å². The fourth-order valence-corrected chi connectivity index (χ4v) is 2.09. The summed E-state index contributed by atoms with van der Waals surface area (Å²) in [6, 6.07) is 10.4. The first-order valence-corrected chi connectivity index (χ1v) is 6.78. The molecule has 0 saturated heterocycles. The molecule has 2 aromatic rings. The maximum Gasteiger partial charge on any atom is 0.167 e. The maximum atomic E-state index is 13.8. The van der Waals surface area contributed by atoms with Gasteiger partial charge in [0.05, 0.1) is 12.7 Å². The summed E-state index contributed by atoms with van der Waals surface area (Å²) in [6.07, 6.45) is 0. The highest BCUT2D eigenvalue weighted by atomic mass is 32.1. The average Bonchev–Trinajstić information content (AvgIpc) is 2.48. The summed E-state index contributed by atoms with van der Waals surface area (Å²) in [7, 11) is 1.54. The lowest BCUT2D eigenvalue weighted by Crippen LogP contribution is -2.11. The van der Waals surface area contributed by atoms with Crippen LogP contribution in [0.15, 0.2) is 36.4 Å². The first-order valence-electron chi connectivity index (χ1n) is 6.37. The second kappa shape index (κ2) is 6.54. The van der Waals surface area contributed by atoms with Gasteiger partial charge in [0.2, 0.25) is 0 Å². The van der Waals surface area contributed by atoms with Crippen LogP contribution >= 0.6 is 12.2 Å². The molecule has 0 saturated carbocycles. The molecule has 0 unspecified atom stereocenters. The monoisotopic (exact) mass is 305 g/mol. The number of hydrogen-bond donors (Lipinski definition) is 1. The van der Waals surface area contributed by atoms with Crippen molar-refractivity contribution in [3.05, 3.63) is 58.9 Å². The van der Waals surface area contributed by atoms with Crippen LogP contribution in [0.1, 0.15) is 16.7 Å². The summed E-state index contributed by atoms with van der Waals surface area (Å²) in [5, 5.41) is 0. The SMILES string of the molecule is COc1cc(COc2cccc(C)c2F)ccc1C(N)=S. The number of nitrogens with two attached hydrogens (primary N) is 1. The third kappa shape index (κ3) is 3.49. The van der Waals surface area contributed by atoms with Crippen LogP contribution in [-0.2, 0) is 6.61 Å². The van der Waals surface area contributed by atoms with E-state index < -0.39 is 0 Å². The van der Waals surface area contributed by atoms with Crippen LogP contribution in [-0.4, -0.2) is 12.1 Å². The van der Waals surface area contributed by atoms with Gasteiger partial charge in [0.25, 0.3) is 0 Å². The molecule has 0 bridgehead atoms. The van der Waals surface area contributed by atoms with Crippen molar-refractivity contribution in [3.8, 4) is 11.5 Å². The summed E-state index contributed by atoms with van der Waals surface area (Å²) < 4.78 is 24.6. The Kier molecular flexibility index (Phi) is 4.75. The van der Waals surface area contributed by atoms with Crippen molar-refractivity contribution in [2.45, 2.75) is 13.5 Å². The van der Waals surface area contributed by atoms with Crippen LogP contribution in [0.2, 0.25) is 0 Å². The summed E-state index contributed by atoms with van der Waals surface area (Å²) in [6.45, 7) is 1.93. The topological polar surface area (TPSA) is 44.5 Å². The second-order valence-corrected chi connectivity index (χ2v) is 5.01. The number of ether oxygens (including phenoxy) is 2. The fourth-order valence-electron chi connectivity index (χ4n) is 1.92. The number of benzene rings is 2.